The van der Waals surface area contributed by atoms with Crippen molar-refractivity contribution in [3.63, 3.8) is 0 Å². The molecule has 3 heterocycles. The van der Waals surface area contributed by atoms with Gasteiger partial charge in [0.05, 0.1) is 62.5 Å². The Labute approximate surface area is 788 Å². The second kappa shape index (κ2) is 57.4. The number of unbranched alkanes of at least 4 members (excludes halogenated alkanes) is 2. The molecule has 8 aromatic carbocycles. The lowest BCUT2D eigenvalue weighted by Crippen LogP contribution is -2.14. The first-order valence-electron chi connectivity index (χ1n) is 41.7. The van der Waals surface area contributed by atoms with Gasteiger partial charge in [-0.05, 0) is 211 Å². The normalized spacial score (nSPS) is 11.6. The summed E-state index contributed by atoms with van der Waals surface area (Å²) < 4.78 is 43.0. The smallest absolute Gasteiger partial charge is 0.306 e. The Bertz CT molecular complexity index is 4930. The van der Waals surface area contributed by atoms with E-state index in [0.717, 1.165) is 93.8 Å². The van der Waals surface area contributed by atoms with Crippen molar-refractivity contribution in [1.29, 1.82) is 0 Å². The van der Waals surface area contributed by atoms with E-state index in [-0.39, 0.29) is 41.0 Å². The van der Waals surface area contributed by atoms with Crippen molar-refractivity contribution >= 4 is 167 Å². The van der Waals surface area contributed by atoms with Gasteiger partial charge in [0.2, 0.25) is 9.84 Å². The molecule has 0 aliphatic rings. The Morgan fingerprint density at radius 2 is 0.810 bits per heavy atom. The van der Waals surface area contributed by atoms with Gasteiger partial charge in [0, 0.05) is 52.7 Å². The molecule has 11 nitrogen and oxygen atoms in total. The Morgan fingerprint density at radius 3 is 1.20 bits per heavy atom. The first-order valence-corrected chi connectivity index (χ1v) is 51.6. The van der Waals surface area contributed by atoms with Crippen LogP contribution in [0.15, 0.2) is 246 Å². The van der Waals surface area contributed by atoms with Gasteiger partial charge in [-0.25, -0.2) is 23.4 Å². The summed E-state index contributed by atoms with van der Waals surface area (Å²) in [6.45, 7) is 34.5. The minimum Gasteiger partial charge on any atom is -0.465 e. The van der Waals surface area contributed by atoms with Gasteiger partial charge in [0.1, 0.15) is 14.2 Å². The molecule has 0 aliphatic carbocycles. The zero-order valence-electron chi connectivity index (χ0n) is 72.8. The maximum absolute atomic E-state index is 13.1. The monoisotopic (exact) mass is 2040 g/mol. The van der Waals surface area contributed by atoms with Gasteiger partial charge in [-0.15, -0.1) is 69.9 Å². The Hall–Kier alpha value is -5.28. The number of thioether (sulfide) groups is 2. The predicted octanol–water partition coefficient (Wildman–Crippen LogP) is 31.5. The van der Waals surface area contributed by atoms with Gasteiger partial charge in [-0.1, -0.05) is 311 Å². The molecule has 0 aliphatic heterocycles. The van der Waals surface area contributed by atoms with E-state index in [4.69, 9.17) is 20.9 Å². The van der Waals surface area contributed by atoms with Gasteiger partial charge in [-0.2, -0.15) is 0 Å². The SMILES string of the molecule is CC(C)c1cc(-c2ccccc2)cc(S(=O)(=O)c2cnc(CN)s2)c1.CC(C)c1cc(Br)cc(Br)c1.CC(C)c1cc(Sc2cnc(CN)s2)cc(-c2ccccc2)c1.CCCCC(CC)COC(=O)CCSc1cc(-c2ccccc2)cc(C(C)C)c1.CCCCC(CC)COC(=O)CCSc1cc(Br)cc(C(C)C)c1.CCc1ncc(Br)s1.Cl. The molecule has 4 N–H and O–H groups in total. The lowest BCUT2D eigenvalue weighted by atomic mass is 9.97. The molecule has 23 heteroatoms. The number of sulfone groups is 1. The molecule has 2 unspecified atom stereocenters. The zero-order valence-corrected chi connectivity index (χ0v) is 85.7. The summed E-state index contributed by atoms with van der Waals surface area (Å²) in [5, 5.41) is 2.79. The van der Waals surface area contributed by atoms with E-state index in [0.29, 0.717) is 78.0 Å². The standard InChI is InChI=1S/C26H36O2S.C20H31BrO2S.C19H20N2O2S2.C19H20N2S2.C9H10Br2.C5H6BrNS.ClH/c1-5-7-11-21(6-2)19-28-26(27)14-15-29-25-17-23(20(3)4)16-24(18-25)22-12-9-8-10-13-22;1-5-7-8-16(6-2)14-23-20(22)9-10-24-19-12-17(15(3)4)11-18(21)13-19;1-13(2)15-8-16(14-6-4-3-5-7-14)10-17(9-15)25(22,23)19-12-21-18(11-20)24-19;1-13(2)15-8-16(14-6-4-3-5-7-14)10-17(9-15)22-19-12-21-18(11-20)23-19;1-6(2)7-3-8(10)5-9(11)4-7;1-2-5-7-3-4(6)8-5;/h8-10,12-13,16-18,20-21H,5-7,11,14-15,19H2,1-4H3;11-13,15-16H,5-10,14H2,1-4H3;3-10,12-13H,11,20H2,1-2H3;3-10,12-13H,11,20H2,1-2H3;3-6H,1-2H3;3H,2H2,1H3;1H. The molecule has 0 saturated heterocycles. The molecule has 2 atom stereocenters. The third-order valence-electron chi connectivity index (χ3n) is 19.5. The molecule has 0 fully saturated rings. The molecular weight excluding hydrogens is 1920 g/mol. The highest BCUT2D eigenvalue weighted by Crippen LogP contribution is 2.39. The van der Waals surface area contributed by atoms with Crippen LogP contribution in [0.4, 0.5) is 0 Å². The Morgan fingerprint density at radius 1 is 0.430 bits per heavy atom. The molecule has 0 spiro atoms. The van der Waals surface area contributed by atoms with Gasteiger partial charge < -0.3 is 20.9 Å². The van der Waals surface area contributed by atoms with Crippen LogP contribution in [0.1, 0.15) is 240 Å². The molecule has 11 rings (SSSR count). The number of hydrogen-bond donors (Lipinski definition) is 2. The molecule has 654 valence electrons. The fourth-order valence-electron chi connectivity index (χ4n) is 12.0. The van der Waals surface area contributed by atoms with Crippen LogP contribution in [0, 0.1) is 11.8 Å². The lowest BCUT2D eigenvalue weighted by Gasteiger charge is -2.15. The number of ether oxygens (including phenoxy) is 2. The molecule has 0 radical (unpaired) electrons. The van der Waals surface area contributed by atoms with E-state index in [9.17, 15) is 18.0 Å². The van der Waals surface area contributed by atoms with E-state index in [1.165, 1.54) is 100 Å². The van der Waals surface area contributed by atoms with Crippen LogP contribution < -0.4 is 11.5 Å². The number of halogens is 5. The highest BCUT2D eigenvalue weighted by atomic mass is 79.9. The first kappa shape index (κ1) is 106. The highest BCUT2D eigenvalue weighted by Gasteiger charge is 2.24. The number of esters is 2. The number of nitrogens with two attached hydrogens (primary N) is 2. The number of hydrogen-bond acceptors (Lipinski definition) is 17. The number of carbonyl (C=O) groups is 2. The molecule has 3 aromatic heterocycles. The largest absolute Gasteiger partial charge is 0.465 e. The van der Waals surface area contributed by atoms with E-state index in [1.54, 1.807) is 70.1 Å². The highest BCUT2D eigenvalue weighted by molar-refractivity contribution is 9.11. The number of aryl methyl sites for hydroxylation is 1. The third kappa shape index (κ3) is 38.8. The second-order valence-corrected chi connectivity index (χ2v) is 44.0. The second-order valence-electron chi connectivity index (χ2n) is 30.6. The van der Waals surface area contributed by atoms with Crippen molar-refractivity contribution in [2.75, 3.05) is 24.7 Å². The summed E-state index contributed by atoms with van der Waals surface area (Å²) >= 11 is 23.5. The maximum Gasteiger partial charge on any atom is 0.306 e. The van der Waals surface area contributed by atoms with Crippen LogP contribution in [0.3, 0.4) is 0 Å². The van der Waals surface area contributed by atoms with E-state index in [1.807, 2.05) is 54.9 Å². The van der Waals surface area contributed by atoms with Crippen LogP contribution in [0.25, 0.3) is 33.4 Å². The average molecular weight is 2050 g/mol. The lowest BCUT2D eigenvalue weighted by molar-refractivity contribution is -0.145. The van der Waals surface area contributed by atoms with Crippen molar-refractivity contribution in [2.45, 2.75) is 245 Å². The van der Waals surface area contributed by atoms with Crippen molar-refractivity contribution in [3.05, 3.63) is 261 Å². The van der Waals surface area contributed by atoms with Gasteiger partial charge in [0.25, 0.3) is 0 Å². The average Bonchev–Trinajstić information content (AvgIpc) is 1.77. The van der Waals surface area contributed by atoms with E-state index in [2.05, 4.69) is 310 Å². The van der Waals surface area contributed by atoms with Crippen LogP contribution in [-0.4, -0.2) is 60.0 Å². The number of thiazole rings is 3. The molecule has 0 bridgehead atoms. The van der Waals surface area contributed by atoms with Gasteiger partial charge >= 0.3 is 11.9 Å². The number of aromatic nitrogens is 3. The van der Waals surface area contributed by atoms with Gasteiger partial charge in [-0.3, -0.25) is 9.59 Å². The van der Waals surface area contributed by atoms with Crippen LogP contribution in [0.2, 0.25) is 0 Å². The fraction of sp³-hybridized carbons (Fsp3) is 0.398. The summed E-state index contributed by atoms with van der Waals surface area (Å²) in [4.78, 5) is 40.6. The number of carbonyl (C=O) groups excluding carboxylic acids is 2. The summed E-state index contributed by atoms with van der Waals surface area (Å²) in [5.41, 5.74) is 24.5. The van der Waals surface area contributed by atoms with Crippen molar-refractivity contribution < 1.29 is 27.5 Å². The minimum atomic E-state index is -3.61. The summed E-state index contributed by atoms with van der Waals surface area (Å²) in [6.07, 6.45) is 16.4. The van der Waals surface area contributed by atoms with E-state index < -0.39 is 9.84 Å². The minimum absolute atomic E-state index is 0. The first-order chi connectivity index (χ1) is 57.5. The summed E-state index contributed by atoms with van der Waals surface area (Å²) in [6, 6.07) is 62.8. The van der Waals surface area contributed by atoms with Crippen LogP contribution >= 0.6 is 145 Å². The number of nitrogens with zero attached hydrogens (tertiary/aromatic N) is 3. The Balaban J connectivity index is 0.000000267. The third-order valence-corrected chi connectivity index (χ3v) is 29.7. The molecule has 11 aromatic rings. The van der Waals surface area contributed by atoms with Crippen molar-refractivity contribution in [2.24, 2.45) is 23.3 Å². The van der Waals surface area contributed by atoms with E-state index >= 15 is 0 Å². The zero-order chi connectivity index (χ0) is 87.7. The topological polar surface area (TPSA) is 177 Å². The van der Waals surface area contributed by atoms with Crippen molar-refractivity contribution in [3.8, 4) is 33.4 Å². The van der Waals surface area contributed by atoms with Gasteiger partial charge in [0.15, 0.2) is 0 Å². The molecule has 0 amide bonds. The predicted molar refractivity (Wildman–Crippen MR) is 537 cm³/mol. The molecule has 0 saturated carbocycles. The number of benzene rings is 8. The molecule has 121 heavy (non-hydrogen) atoms. The van der Waals surface area contributed by atoms with Crippen LogP contribution in [-0.2, 0) is 48.4 Å². The Kier molecular flexibility index (Phi) is 50.4. The summed E-state index contributed by atoms with van der Waals surface area (Å²) in [5.74, 6) is 4.66. The summed E-state index contributed by atoms with van der Waals surface area (Å²) in [7, 11) is -3.61. The quantitative estimate of drug-likeness (QED) is 0.0283. The maximum atomic E-state index is 13.1. The molecular formula is C98H124Br4ClN5O6S7. The van der Waals surface area contributed by atoms with Crippen LogP contribution in [0.5, 0.6) is 0 Å². The fourth-order valence-corrected chi connectivity index (χ4v) is 21.6. The van der Waals surface area contributed by atoms with Crippen molar-refractivity contribution in [1.82, 2.24) is 15.0 Å². The number of rotatable bonds is 35.